The summed E-state index contributed by atoms with van der Waals surface area (Å²) in [5.41, 5.74) is 3.62. The first-order valence-corrected chi connectivity index (χ1v) is 7.99. The summed E-state index contributed by atoms with van der Waals surface area (Å²) in [7, 11) is 2.00. The van der Waals surface area contributed by atoms with Gasteiger partial charge >= 0.3 is 0 Å². The molecule has 0 saturated heterocycles. The smallest absolute Gasteiger partial charge is 0.246 e. The Balaban J connectivity index is 1.45. The van der Waals surface area contributed by atoms with Crippen LogP contribution >= 0.6 is 0 Å². The molecule has 6 heteroatoms. The van der Waals surface area contributed by atoms with Crippen LogP contribution in [0.4, 0.5) is 5.69 Å². The number of hydrogen-bond donors (Lipinski definition) is 1. The van der Waals surface area contributed by atoms with Crippen LogP contribution in [0.3, 0.4) is 0 Å². The fourth-order valence-corrected chi connectivity index (χ4v) is 2.82. The normalized spacial score (nSPS) is 10.9. The van der Waals surface area contributed by atoms with E-state index in [1.807, 2.05) is 72.4 Å². The van der Waals surface area contributed by atoms with Gasteiger partial charge in [0, 0.05) is 35.4 Å². The molecule has 6 nitrogen and oxygen atoms in total. The molecule has 0 spiro atoms. The third-order valence-corrected chi connectivity index (χ3v) is 4.08. The van der Waals surface area contributed by atoms with Gasteiger partial charge in [0.05, 0.1) is 6.20 Å². The molecule has 2 aromatic carbocycles. The number of nitrogens with zero attached hydrogens (tertiary/aromatic N) is 4. The van der Waals surface area contributed by atoms with Crippen molar-refractivity contribution >= 4 is 22.5 Å². The summed E-state index contributed by atoms with van der Waals surface area (Å²) in [6.45, 7) is 0.118. The summed E-state index contributed by atoms with van der Waals surface area (Å²) < 4.78 is 3.58. The van der Waals surface area contributed by atoms with Crippen molar-refractivity contribution in [3.8, 4) is 11.3 Å². The molecule has 1 N–H and O–H groups in total. The fraction of sp³-hybridized carbons (Fsp3) is 0.105. The van der Waals surface area contributed by atoms with Gasteiger partial charge in [-0.2, -0.15) is 0 Å². The highest BCUT2D eigenvalue weighted by Crippen LogP contribution is 2.20. The molecule has 2 heterocycles. The lowest BCUT2D eigenvalue weighted by atomic mass is 10.2. The van der Waals surface area contributed by atoms with Crippen molar-refractivity contribution in [1.29, 1.82) is 0 Å². The van der Waals surface area contributed by atoms with E-state index in [0.29, 0.717) is 0 Å². The van der Waals surface area contributed by atoms with Crippen LogP contribution in [0.5, 0.6) is 0 Å². The average molecular weight is 331 g/mol. The van der Waals surface area contributed by atoms with Crippen molar-refractivity contribution in [3.05, 3.63) is 67.0 Å². The second-order valence-corrected chi connectivity index (χ2v) is 5.92. The van der Waals surface area contributed by atoms with E-state index in [2.05, 4.69) is 15.6 Å². The quantitative estimate of drug-likeness (QED) is 0.625. The molecular weight excluding hydrogens is 314 g/mol. The number of fused-ring (bicyclic) bond motifs is 1. The van der Waals surface area contributed by atoms with Gasteiger partial charge < -0.3 is 9.88 Å². The minimum absolute atomic E-state index is 0.118. The van der Waals surface area contributed by atoms with E-state index in [0.717, 1.165) is 27.8 Å². The monoisotopic (exact) mass is 331 g/mol. The summed E-state index contributed by atoms with van der Waals surface area (Å²) in [4.78, 5) is 12.3. The maximum atomic E-state index is 12.3. The molecule has 25 heavy (non-hydrogen) atoms. The first-order chi connectivity index (χ1) is 12.2. The number of anilines is 1. The van der Waals surface area contributed by atoms with Crippen molar-refractivity contribution in [2.24, 2.45) is 7.05 Å². The van der Waals surface area contributed by atoms with Crippen LogP contribution in [0.2, 0.25) is 0 Å². The lowest BCUT2D eigenvalue weighted by Gasteiger charge is -2.05. The Morgan fingerprint density at radius 2 is 1.96 bits per heavy atom. The van der Waals surface area contributed by atoms with Crippen LogP contribution < -0.4 is 5.32 Å². The third-order valence-electron chi connectivity index (χ3n) is 4.08. The number of aromatic nitrogens is 4. The lowest BCUT2D eigenvalue weighted by Crippen LogP contribution is -2.19. The first-order valence-electron chi connectivity index (χ1n) is 7.99. The van der Waals surface area contributed by atoms with Gasteiger partial charge in [-0.25, -0.2) is 4.68 Å². The van der Waals surface area contributed by atoms with Crippen molar-refractivity contribution in [1.82, 2.24) is 19.6 Å². The van der Waals surface area contributed by atoms with Crippen molar-refractivity contribution in [3.63, 3.8) is 0 Å². The lowest BCUT2D eigenvalue weighted by molar-refractivity contribution is -0.116. The topological polar surface area (TPSA) is 64.7 Å². The Morgan fingerprint density at radius 3 is 2.80 bits per heavy atom. The van der Waals surface area contributed by atoms with Gasteiger partial charge in [-0.05, 0) is 24.3 Å². The highest BCUT2D eigenvalue weighted by Gasteiger charge is 2.08. The molecule has 4 aromatic rings. The van der Waals surface area contributed by atoms with Gasteiger partial charge in [-0.15, -0.1) is 5.10 Å². The zero-order valence-electron chi connectivity index (χ0n) is 13.8. The third kappa shape index (κ3) is 3.14. The number of carbonyl (C=O) groups is 1. The van der Waals surface area contributed by atoms with E-state index >= 15 is 0 Å². The van der Waals surface area contributed by atoms with E-state index in [-0.39, 0.29) is 12.5 Å². The van der Waals surface area contributed by atoms with E-state index in [4.69, 9.17) is 0 Å². The molecule has 0 atom stereocenters. The number of amides is 1. The number of rotatable bonds is 4. The summed E-state index contributed by atoms with van der Waals surface area (Å²) >= 11 is 0. The summed E-state index contributed by atoms with van der Waals surface area (Å²) in [6, 6.07) is 17.6. The van der Waals surface area contributed by atoms with Gasteiger partial charge in [-0.1, -0.05) is 35.5 Å². The number of carbonyl (C=O) groups excluding carboxylic acids is 1. The van der Waals surface area contributed by atoms with Crippen molar-refractivity contribution in [2.75, 3.05) is 5.32 Å². The summed E-state index contributed by atoms with van der Waals surface area (Å²) in [5, 5.41) is 12.1. The Labute approximate surface area is 144 Å². The standard InChI is InChI=1S/C19H17N5O/c1-23-10-9-15-11-16(7-8-18(15)23)20-19(25)13-24-12-17(21-22-24)14-5-3-2-4-6-14/h2-12H,13H2,1H3,(H,20,25). The molecule has 0 saturated carbocycles. The minimum atomic E-state index is -0.139. The zero-order valence-corrected chi connectivity index (χ0v) is 13.8. The summed E-state index contributed by atoms with van der Waals surface area (Å²) in [5.74, 6) is -0.139. The second kappa shape index (κ2) is 6.24. The number of nitrogens with one attached hydrogen (secondary N) is 1. The number of aryl methyl sites for hydroxylation is 1. The van der Waals surface area contributed by atoms with Gasteiger partial charge in [0.1, 0.15) is 12.2 Å². The second-order valence-electron chi connectivity index (χ2n) is 5.92. The van der Waals surface area contributed by atoms with Gasteiger partial charge in [-0.3, -0.25) is 4.79 Å². The predicted octanol–water partition coefficient (Wildman–Crippen LogP) is 3.08. The number of hydrogen-bond acceptors (Lipinski definition) is 3. The zero-order chi connectivity index (χ0) is 17.2. The van der Waals surface area contributed by atoms with Gasteiger partial charge in [0.15, 0.2) is 0 Å². The van der Waals surface area contributed by atoms with Gasteiger partial charge in [0.25, 0.3) is 0 Å². The van der Waals surface area contributed by atoms with Crippen LogP contribution in [0.15, 0.2) is 67.0 Å². The molecule has 0 unspecified atom stereocenters. The molecule has 2 aromatic heterocycles. The highest BCUT2D eigenvalue weighted by molar-refractivity contribution is 5.93. The molecule has 1 amide bonds. The van der Waals surface area contributed by atoms with E-state index in [1.165, 1.54) is 0 Å². The fourth-order valence-electron chi connectivity index (χ4n) is 2.82. The summed E-state index contributed by atoms with van der Waals surface area (Å²) in [6.07, 6.45) is 3.77. The molecule has 0 fully saturated rings. The van der Waals surface area contributed by atoms with Crippen LogP contribution in [0.1, 0.15) is 0 Å². The molecule has 0 aliphatic carbocycles. The van der Waals surface area contributed by atoms with Crippen LogP contribution in [-0.2, 0) is 18.4 Å². The Morgan fingerprint density at radius 1 is 1.12 bits per heavy atom. The Bertz CT molecular complexity index is 1030. The van der Waals surface area contributed by atoms with E-state index in [1.54, 1.807) is 10.9 Å². The maximum absolute atomic E-state index is 12.3. The van der Waals surface area contributed by atoms with E-state index in [9.17, 15) is 4.79 Å². The molecule has 0 aliphatic rings. The first kappa shape index (κ1) is 15.1. The molecule has 124 valence electrons. The maximum Gasteiger partial charge on any atom is 0.246 e. The largest absolute Gasteiger partial charge is 0.351 e. The van der Waals surface area contributed by atoms with Crippen molar-refractivity contribution < 1.29 is 4.79 Å². The molecule has 0 radical (unpaired) electrons. The Kier molecular flexibility index (Phi) is 3.78. The van der Waals surface area contributed by atoms with Crippen LogP contribution in [0.25, 0.3) is 22.2 Å². The predicted molar refractivity (Wildman–Crippen MR) is 97.0 cm³/mol. The molecule has 0 aliphatic heterocycles. The Hall–Kier alpha value is -3.41. The average Bonchev–Trinajstić information content (AvgIpc) is 3.23. The number of benzene rings is 2. The highest BCUT2D eigenvalue weighted by atomic mass is 16.2. The van der Waals surface area contributed by atoms with Crippen LogP contribution in [-0.4, -0.2) is 25.5 Å². The molecule has 4 rings (SSSR count). The van der Waals surface area contributed by atoms with Crippen molar-refractivity contribution in [2.45, 2.75) is 6.54 Å². The minimum Gasteiger partial charge on any atom is -0.351 e. The van der Waals surface area contributed by atoms with Crippen LogP contribution in [0, 0.1) is 0 Å². The van der Waals surface area contributed by atoms with Gasteiger partial charge in [0.2, 0.25) is 5.91 Å². The SMILES string of the molecule is Cn1ccc2cc(NC(=O)Cn3cc(-c4ccccc4)nn3)ccc21. The molecular formula is C19H17N5O. The van der Waals surface area contributed by atoms with E-state index < -0.39 is 0 Å². The molecule has 0 bridgehead atoms.